The van der Waals surface area contributed by atoms with Gasteiger partial charge in [0.05, 0.1) is 18.3 Å². The first-order chi connectivity index (χ1) is 16.7. The molecule has 1 atom stereocenters. The van der Waals surface area contributed by atoms with Crippen LogP contribution in [0.4, 0.5) is 8.78 Å². The van der Waals surface area contributed by atoms with Crippen LogP contribution in [0.25, 0.3) is 0 Å². The average molecular weight is 632 g/mol. The van der Waals surface area contributed by atoms with Crippen LogP contribution in [0.15, 0.2) is 48.2 Å². The zero-order valence-electron chi connectivity index (χ0n) is 21.2. The highest BCUT2D eigenvalue weighted by molar-refractivity contribution is 14.1. The fourth-order valence-corrected chi connectivity index (χ4v) is 4.52. The average Bonchev–Trinajstić information content (AvgIpc) is 2.77. The number of aliphatic hydroxyl groups is 1. The maximum atomic E-state index is 14.3. The monoisotopic (exact) mass is 631 g/mol. The zero-order chi connectivity index (χ0) is 27.3. The summed E-state index contributed by atoms with van der Waals surface area (Å²) in [4.78, 5) is 25.3. The fourth-order valence-electron chi connectivity index (χ4n) is 2.92. The van der Waals surface area contributed by atoms with Crippen molar-refractivity contribution in [3.05, 3.63) is 74.5 Å². The summed E-state index contributed by atoms with van der Waals surface area (Å²) < 4.78 is 39.6. The molecular formula is C26H32F2INO5Si. The lowest BCUT2D eigenvalue weighted by atomic mass is 10.0. The van der Waals surface area contributed by atoms with Gasteiger partial charge in [0.1, 0.15) is 11.3 Å². The Morgan fingerprint density at radius 3 is 2.47 bits per heavy atom. The first-order valence-corrected chi connectivity index (χ1v) is 15.4. The minimum absolute atomic E-state index is 0.00319. The Morgan fingerprint density at radius 2 is 1.86 bits per heavy atom. The van der Waals surface area contributed by atoms with Crippen molar-refractivity contribution in [3.63, 3.8) is 0 Å². The number of carbonyl (C=O) groups excluding carboxylic acids is 2. The van der Waals surface area contributed by atoms with Crippen LogP contribution in [-0.2, 0) is 9.53 Å². The third kappa shape index (κ3) is 7.59. The third-order valence-corrected chi connectivity index (χ3v) is 10.9. The van der Waals surface area contributed by atoms with Gasteiger partial charge < -0.3 is 19.6 Å². The highest BCUT2D eigenvalue weighted by Gasteiger charge is 2.39. The first-order valence-electron chi connectivity index (χ1n) is 11.4. The van der Waals surface area contributed by atoms with Gasteiger partial charge in [0.2, 0.25) is 14.1 Å². The smallest absolute Gasteiger partial charge is 0.343 e. The van der Waals surface area contributed by atoms with E-state index in [0.717, 1.165) is 18.3 Å². The van der Waals surface area contributed by atoms with Crippen LogP contribution in [0.3, 0.4) is 0 Å². The number of carbonyl (C=O) groups is 2. The molecule has 6 nitrogen and oxygen atoms in total. The van der Waals surface area contributed by atoms with Gasteiger partial charge in [-0.15, -0.1) is 0 Å². The maximum Gasteiger partial charge on any atom is 0.343 e. The Labute approximate surface area is 225 Å². The van der Waals surface area contributed by atoms with Gasteiger partial charge in [0, 0.05) is 16.3 Å². The Kier molecular flexibility index (Phi) is 10.2. The van der Waals surface area contributed by atoms with Gasteiger partial charge in [0.15, 0.2) is 11.6 Å². The quantitative estimate of drug-likeness (QED) is 0.0497. The van der Waals surface area contributed by atoms with Gasteiger partial charge >= 0.3 is 5.97 Å². The molecule has 0 aliphatic heterocycles. The van der Waals surface area contributed by atoms with E-state index in [0.29, 0.717) is 14.9 Å². The number of ether oxygens (including phenoxy) is 1. The van der Waals surface area contributed by atoms with E-state index in [2.05, 4.69) is 39.2 Å². The fraction of sp³-hybridized carbons (Fsp3) is 0.385. The van der Waals surface area contributed by atoms with Crippen LogP contribution in [0.2, 0.25) is 18.1 Å². The summed E-state index contributed by atoms with van der Waals surface area (Å²) in [6, 6.07) is 9.18. The molecule has 2 aromatic carbocycles. The lowest BCUT2D eigenvalue weighted by molar-refractivity contribution is -0.138. The molecule has 0 saturated heterocycles. The second-order valence-corrected chi connectivity index (χ2v) is 15.7. The molecular weight excluding hydrogens is 599 g/mol. The van der Waals surface area contributed by atoms with Crippen LogP contribution in [0.1, 0.15) is 49.7 Å². The summed E-state index contributed by atoms with van der Waals surface area (Å²) in [5.41, 5.74) is -0.530. The molecule has 0 saturated carbocycles. The van der Waals surface area contributed by atoms with Crippen molar-refractivity contribution in [1.82, 2.24) is 5.32 Å². The predicted molar refractivity (Wildman–Crippen MR) is 145 cm³/mol. The maximum absolute atomic E-state index is 14.3. The lowest BCUT2D eigenvalue weighted by Crippen LogP contribution is -2.43. The number of nitrogens with one attached hydrogen (secondary N) is 1. The summed E-state index contributed by atoms with van der Waals surface area (Å²) in [6.07, 6.45) is 0.0473. The van der Waals surface area contributed by atoms with Gasteiger partial charge in [-0.3, -0.25) is 4.79 Å². The topological polar surface area (TPSA) is 84.9 Å². The summed E-state index contributed by atoms with van der Waals surface area (Å²) in [6.45, 7) is 12.1. The number of halogens is 3. The second kappa shape index (κ2) is 12.3. The molecule has 10 heteroatoms. The molecule has 196 valence electrons. The number of hydrogen-bond donors (Lipinski definition) is 2. The van der Waals surface area contributed by atoms with Crippen molar-refractivity contribution < 1.29 is 32.6 Å². The molecule has 0 aliphatic carbocycles. The van der Waals surface area contributed by atoms with E-state index in [-0.39, 0.29) is 18.2 Å². The molecule has 0 aliphatic rings. The Morgan fingerprint density at radius 1 is 1.19 bits per heavy atom. The molecule has 0 radical (unpaired) electrons. The van der Waals surface area contributed by atoms with Crippen molar-refractivity contribution in [1.29, 1.82) is 0 Å². The minimum atomic E-state index is -2.08. The molecule has 36 heavy (non-hydrogen) atoms. The van der Waals surface area contributed by atoms with Gasteiger partial charge in [-0.2, -0.15) is 0 Å². The molecule has 2 aromatic rings. The van der Waals surface area contributed by atoms with Gasteiger partial charge in [-0.25, -0.2) is 13.6 Å². The highest BCUT2D eigenvalue weighted by Crippen LogP contribution is 2.37. The number of ketones is 1. The van der Waals surface area contributed by atoms with Gasteiger partial charge in [-0.05, 0) is 77.5 Å². The second-order valence-electron chi connectivity index (χ2n) is 9.72. The van der Waals surface area contributed by atoms with Crippen LogP contribution in [-0.4, -0.2) is 38.3 Å². The van der Waals surface area contributed by atoms with Crippen molar-refractivity contribution in [2.24, 2.45) is 0 Å². The summed E-state index contributed by atoms with van der Waals surface area (Å²) in [5.74, 6) is -3.93. The normalized spacial score (nSPS) is 13.2. The van der Waals surface area contributed by atoms with E-state index in [1.54, 1.807) is 47.7 Å². The van der Waals surface area contributed by atoms with E-state index in [9.17, 15) is 23.5 Å². The van der Waals surface area contributed by atoms with E-state index < -0.39 is 48.9 Å². The van der Waals surface area contributed by atoms with E-state index in [1.807, 2.05) is 6.07 Å². The molecule has 2 rings (SSSR count). The lowest BCUT2D eigenvalue weighted by Gasteiger charge is -2.36. The number of esters is 1. The molecule has 1 unspecified atom stereocenters. The molecule has 0 amide bonds. The predicted octanol–water partition coefficient (Wildman–Crippen LogP) is 5.91. The molecule has 2 N–H and O–H groups in total. The number of hydrogen-bond acceptors (Lipinski definition) is 6. The van der Waals surface area contributed by atoms with Crippen molar-refractivity contribution in [2.45, 2.75) is 51.9 Å². The summed E-state index contributed by atoms with van der Waals surface area (Å²) in [5, 5.41) is 13.4. The SMILES string of the molecule is CCOC(=O)C(=CNCC(O)c1cccc(O[Si](C)(C)C(C)(C)C)c1)C(=O)c1cc(I)cc(F)c1F. The first kappa shape index (κ1) is 29.9. The van der Waals surface area contributed by atoms with Crippen LogP contribution >= 0.6 is 22.6 Å². The Balaban J connectivity index is 2.23. The molecule has 0 aromatic heterocycles. The molecule has 0 fully saturated rings. The number of rotatable bonds is 10. The van der Waals surface area contributed by atoms with E-state index >= 15 is 0 Å². The van der Waals surface area contributed by atoms with E-state index in [1.165, 1.54) is 0 Å². The zero-order valence-corrected chi connectivity index (χ0v) is 24.4. The Hall–Kier alpha value is -2.31. The third-order valence-electron chi connectivity index (χ3n) is 5.96. The van der Waals surface area contributed by atoms with Crippen molar-refractivity contribution in [2.75, 3.05) is 13.2 Å². The number of Topliss-reactive ketones (excluding diaryl/α,β-unsaturated/α-hetero) is 1. The number of aliphatic hydroxyl groups excluding tert-OH is 1. The van der Waals surface area contributed by atoms with Crippen molar-refractivity contribution in [3.8, 4) is 5.75 Å². The minimum Gasteiger partial charge on any atom is -0.543 e. The number of benzene rings is 2. The van der Waals surface area contributed by atoms with E-state index in [4.69, 9.17) is 9.16 Å². The molecule has 0 spiro atoms. The molecule has 0 bridgehead atoms. The Bertz CT molecular complexity index is 1150. The summed E-state index contributed by atoms with van der Waals surface area (Å²) in [7, 11) is -2.08. The van der Waals surface area contributed by atoms with Gasteiger partial charge in [-0.1, -0.05) is 32.9 Å². The van der Waals surface area contributed by atoms with Gasteiger partial charge in [0.25, 0.3) is 0 Å². The van der Waals surface area contributed by atoms with Crippen molar-refractivity contribution >= 4 is 42.7 Å². The summed E-state index contributed by atoms with van der Waals surface area (Å²) >= 11 is 1.75. The van der Waals surface area contributed by atoms with Crippen LogP contribution in [0, 0.1) is 15.2 Å². The standard InChI is InChI=1S/C26H32F2INO5Si/c1-7-34-25(33)20(24(32)19-12-17(29)13-21(27)23(19)28)14-30-15-22(31)16-9-8-10-18(11-16)35-36(5,6)26(2,3)4/h8-14,22,30-31H,7,15H2,1-6H3. The van der Waals surface area contributed by atoms with Crippen LogP contribution < -0.4 is 9.74 Å². The largest absolute Gasteiger partial charge is 0.543 e. The van der Waals surface area contributed by atoms with Crippen LogP contribution in [0.5, 0.6) is 5.75 Å². The molecule has 0 heterocycles. The highest BCUT2D eigenvalue weighted by atomic mass is 127.